The van der Waals surface area contributed by atoms with E-state index in [4.69, 9.17) is 4.42 Å². The highest BCUT2D eigenvalue weighted by atomic mass is 16.6. The Labute approximate surface area is 178 Å². The second kappa shape index (κ2) is 8.02. The number of nitro benzene ring substituents is 1. The van der Waals surface area contributed by atoms with Gasteiger partial charge < -0.3 is 9.73 Å². The molecule has 1 heterocycles. The maximum Gasteiger partial charge on any atom is 0.272 e. The van der Waals surface area contributed by atoms with E-state index >= 15 is 0 Å². The van der Waals surface area contributed by atoms with Crippen molar-refractivity contribution in [3.8, 4) is 11.5 Å². The first kappa shape index (κ1) is 20.3. The van der Waals surface area contributed by atoms with Gasteiger partial charge in [-0.25, -0.2) is 4.98 Å². The number of hydrogen-bond acceptors (Lipinski definition) is 5. The van der Waals surface area contributed by atoms with Crippen LogP contribution < -0.4 is 5.32 Å². The van der Waals surface area contributed by atoms with Crippen LogP contribution in [0.2, 0.25) is 0 Å². The maximum absolute atomic E-state index is 12.4. The third-order valence-corrected chi connectivity index (χ3v) is 5.31. The third-order valence-electron chi connectivity index (χ3n) is 5.31. The van der Waals surface area contributed by atoms with E-state index in [9.17, 15) is 14.9 Å². The molecule has 4 rings (SSSR count). The number of nitro groups is 1. The average Bonchev–Trinajstić information content (AvgIpc) is 3.15. The minimum Gasteiger partial charge on any atom is -0.436 e. The molecule has 0 atom stereocenters. The zero-order valence-corrected chi connectivity index (χ0v) is 17.4. The molecule has 1 amide bonds. The number of carbonyl (C=O) groups is 1. The van der Waals surface area contributed by atoms with Gasteiger partial charge in [0.2, 0.25) is 5.89 Å². The number of nitrogens with zero attached hydrogens (tertiary/aromatic N) is 2. The van der Waals surface area contributed by atoms with E-state index in [1.807, 2.05) is 50.2 Å². The summed E-state index contributed by atoms with van der Waals surface area (Å²) in [6, 6.07) is 16.0. The van der Waals surface area contributed by atoms with Gasteiger partial charge in [0.25, 0.3) is 11.6 Å². The Morgan fingerprint density at radius 2 is 1.71 bits per heavy atom. The van der Waals surface area contributed by atoms with E-state index in [0.29, 0.717) is 23.6 Å². The normalized spacial score (nSPS) is 10.9. The molecule has 31 heavy (non-hydrogen) atoms. The van der Waals surface area contributed by atoms with Crippen LogP contribution in [0.3, 0.4) is 0 Å². The molecule has 0 unspecified atom stereocenters. The van der Waals surface area contributed by atoms with Crippen molar-refractivity contribution in [1.82, 2.24) is 10.3 Å². The molecule has 156 valence electrons. The van der Waals surface area contributed by atoms with E-state index in [1.54, 1.807) is 6.92 Å². The van der Waals surface area contributed by atoms with Gasteiger partial charge >= 0.3 is 0 Å². The fourth-order valence-corrected chi connectivity index (χ4v) is 3.35. The predicted molar refractivity (Wildman–Crippen MR) is 118 cm³/mol. The molecule has 0 aliphatic rings. The third kappa shape index (κ3) is 4.16. The summed E-state index contributed by atoms with van der Waals surface area (Å²) in [6.45, 7) is 6.03. The van der Waals surface area contributed by atoms with Crippen LogP contribution in [0.15, 0.2) is 59.0 Å². The molecule has 1 aromatic heterocycles. The van der Waals surface area contributed by atoms with Crippen molar-refractivity contribution >= 4 is 22.7 Å². The summed E-state index contributed by atoms with van der Waals surface area (Å²) in [5.41, 5.74) is 6.51. The van der Waals surface area contributed by atoms with E-state index in [1.165, 1.54) is 23.8 Å². The molecule has 0 aliphatic heterocycles. The average molecular weight is 415 g/mol. The molecule has 0 saturated heterocycles. The first-order chi connectivity index (χ1) is 14.8. The molecule has 0 fully saturated rings. The van der Waals surface area contributed by atoms with Gasteiger partial charge in [0.05, 0.1) is 4.92 Å². The first-order valence-electron chi connectivity index (χ1n) is 9.82. The second-order valence-corrected chi connectivity index (χ2v) is 7.56. The Hall–Kier alpha value is -4.00. The van der Waals surface area contributed by atoms with E-state index in [-0.39, 0.29) is 11.6 Å². The lowest BCUT2D eigenvalue weighted by atomic mass is 10.1. The number of aromatic nitrogens is 1. The van der Waals surface area contributed by atoms with Crippen LogP contribution in [0.5, 0.6) is 0 Å². The fraction of sp³-hybridized carbons (Fsp3) is 0.167. The lowest BCUT2D eigenvalue weighted by molar-refractivity contribution is -0.385. The topological polar surface area (TPSA) is 98.3 Å². The van der Waals surface area contributed by atoms with Gasteiger partial charge in [0.15, 0.2) is 5.58 Å². The minimum absolute atomic E-state index is 0.00310. The molecule has 0 radical (unpaired) electrons. The van der Waals surface area contributed by atoms with Gasteiger partial charge in [-0.15, -0.1) is 0 Å². The fourth-order valence-electron chi connectivity index (χ4n) is 3.35. The smallest absolute Gasteiger partial charge is 0.272 e. The van der Waals surface area contributed by atoms with Crippen LogP contribution in [-0.2, 0) is 6.54 Å². The van der Waals surface area contributed by atoms with Crippen molar-refractivity contribution in [2.24, 2.45) is 0 Å². The van der Waals surface area contributed by atoms with E-state index in [0.717, 1.165) is 27.8 Å². The summed E-state index contributed by atoms with van der Waals surface area (Å²) in [7, 11) is 0. The SMILES string of the molecule is Cc1cc2nc(-c3ccc(CNC(=O)c4ccc([N+](=O)[O-])c(C)c4)cc3)oc2cc1C. The van der Waals surface area contributed by atoms with Crippen LogP contribution in [0.4, 0.5) is 5.69 Å². The van der Waals surface area contributed by atoms with E-state index < -0.39 is 4.92 Å². The molecule has 4 aromatic rings. The highest BCUT2D eigenvalue weighted by molar-refractivity contribution is 5.94. The lowest BCUT2D eigenvalue weighted by Gasteiger charge is -2.07. The molecular formula is C24H21N3O4. The van der Waals surface area contributed by atoms with Crippen LogP contribution in [-0.4, -0.2) is 15.8 Å². The van der Waals surface area contributed by atoms with Gasteiger partial charge in [-0.05, 0) is 73.9 Å². The molecule has 0 spiro atoms. The van der Waals surface area contributed by atoms with Crippen LogP contribution >= 0.6 is 0 Å². The Kier molecular flexibility index (Phi) is 5.25. The number of oxazole rings is 1. The Bertz CT molecular complexity index is 1270. The van der Waals surface area contributed by atoms with Crippen molar-refractivity contribution in [2.75, 3.05) is 0 Å². The number of carbonyl (C=O) groups excluding carboxylic acids is 1. The van der Waals surface area contributed by atoms with Crippen molar-refractivity contribution in [1.29, 1.82) is 0 Å². The van der Waals surface area contributed by atoms with Gasteiger partial charge in [0, 0.05) is 29.3 Å². The number of aryl methyl sites for hydroxylation is 3. The maximum atomic E-state index is 12.4. The number of benzene rings is 3. The van der Waals surface area contributed by atoms with Crippen molar-refractivity contribution in [3.05, 3.63) is 92.5 Å². The Morgan fingerprint density at radius 3 is 2.39 bits per heavy atom. The second-order valence-electron chi connectivity index (χ2n) is 7.56. The summed E-state index contributed by atoms with van der Waals surface area (Å²) in [5, 5.41) is 13.8. The van der Waals surface area contributed by atoms with Crippen LogP contribution in [0.25, 0.3) is 22.6 Å². The molecule has 7 heteroatoms. The Balaban J connectivity index is 1.45. The summed E-state index contributed by atoms with van der Waals surface area (Å²) in [4.78, 5) is 27.4. The number of rotatable bonds is 5. The lowest BCUT2D eigenvalue weighted by Crippen LogP contribution is -2.22. The number of hydrogen-bond donors (Lipinski definition) is 1. The largest absolute Gasteiger partial charge is 0.436 e. The molecule has 7 nitrogen and oxygen atoms in total. The molecule has 0 aliphatic carbocycles. The summed E-state index contributed by atoms with van der Waals surface area (Å²) in [5.74, 6) is 0.267. The van der Waals surface area contributed by atoms with Crippen molar-refractivity contribution in [2.45, 2.75) is 27.3 Å². The zero-order valence-electron chi connectivity index (χ0n) is 17.4. The van der Waals surface area contributed by atoms with Crippen molar-refractivity contribution in [3.63, 3.8) is 0 Å². The minimum atomic E-state index is -0.461. The monoisotopic (exact) mass is 415 g/mol. The molecular weight excluding hydrogens is 394 g/mol. The highest BCUT2D eigenvalue weighted by Gasteiger charge is 2.14. The number of amides is 1. The van der Waals surface area contributed by atoms with E-state index in [2.05, 4.69) is 10.3 Å². The van der Waals surface area contributed by atoms with Crippen molar-refractivity contribution < 1.29 is 14.1 Å². The summed E-state index contributed by atoms with van der Waals surface area (Å²) >= 11 is 0. The number of fused-ring (bicyclic) bond motifs is 1. The first-order valence-corrected chi connectivity index (χ1v) is 9.82. The van der Waals surface area contributed by atoms with Crippen LogP contribution in [0.1, 0.15) is 32.6 Å². The van der Waals surface area contributed by atoms with Gasteiger partial charge in [-0.3, -0.25) is 14.9 Å². The standard InChI is InChI=1S/C24H21N3O4/c1-14-11-20-22(12-15(14)2)31-24(26-20)18-6-4-17(5-7-18)13-25-23(28)19-8-9-21(27(29)30)16(3)10-19/h4-12H,13H2,1-3H3,(H,25,28). The zero-order chi connectivity index (χ0) is 22.1. The predicted octanol–water partition coefficient (Wildman–Crippen LogP) is 5.26. The molecule has 0 saturated carbocycles. The quantitative estimate of drug-likeness (QED) is 0.354. The van der Waals surface area contributed by atoms with Gasteiger partial charge in [-0.2, -0.15) is 0 Å². The van der Waals surface area contributed by atoms with Gasteiger partial charge in [0.1, 0.15) is 5.52 Å². The highest BCUT2D eigenvalue weighted by Crippen LogP contribution is 2.26. The summed E-state index contributed by atoms with van der Waals surface area (Å²) in [6.07, 6.45) is 0. The Morgan fingerprint density at radius 1 is 1.00 bits per heavy atom. The molecule has 3 aromatic carbocycles. The molecule has 1 N–H and O–H groups in total. The van der Waals surface area contributed by atoms with Gasteiger partial charge in [-0.1, -0.05) is 12.1 Å². The van der Waals surface area contributed by atoms with Crippen LogP contribution in [0, 0.1) is 30.9 Å². The number of nitrogens with one attached hydrogen (secondary N) is 1. The summed E-state index contributed by atoms with van der Waals surface area (Å²) < 4.78 is 5.89. The molecule has 0 bridgehead atoms.